The summed E-state index contributed by atoms with van der Waals surface area (Å²) in [5, 5.41) is 31.4. The fraction of sp³-hybridized carbons (Fsp3) is 0.182. The molecule has 0 atom stereocenters. The van der Waals surface area contributed by atoms with Crippen LogP contribution in [0.15, 0.2) is 17.2 Å². The number of hydrogen-bond acceptors (Lipinski definition) is 6. The van der Waals surface area contributed by atoms with Gasteiger partial charge in [-0.3, -0.25) is 15.2 Å². The molecule has 10 heteroatoms. The Kier molecular flexibility index (Phi) is 4.34. The van der Waals surface area contributed by atoms with E-state index in [2.05, 4.69) is 15.3 Å². The zero-order valence-electron chi connectivity index (χ0n) is 10.8. The summed E-state index contributed by atoms with van der Waals surface area (Å²) >= 11 is 10.8. The molecule has 0 aliphatic rings. The number of halogens is 1. The van der Waals surface area contributed by atoms with E-state index < -0.39 is 16.4 Å². The lowest BCUT2D eigenvalue weighted by Gasteiger charge is -2.02. The molecule has 110 valence electrons. The molecule has 0 bridgehead atoms. The molecule has 1 aromatic heterocycles. The van der Waals surface area contributed by atoms with Crippen LogP contribution in [0.25, 0.3) is 0 Å². The second kappa shape index (κ2) is 6.02. The molecule has 0 radical (unpaired) electrons. The zero-order chi connectivity index (χ0) is 15.6. The van der Waals surface area contributed by atoms with Crippen molar-refractivity contribution in [3.63, 3.8) is 0 Å². The first-order valence-electron chi connectivity index (χ1n) is 5.81. The lowest BCUT2D eigenvalue weighted by molar-refractivity contribution is -0.385. The number of nitrogens with one attached hydrogen (secondary N) is 1. The second-order valence-electron chi connectivity index (χ2n) is 3.97. The van der Waals surface area contributed by atoms with Gasteiger partial charge in [-0.2, -0.15) is 14.9 Å². The predicted molar refractivity (Wildman–Crippen MR) is 79.6 cm³/mol. The number of rotatable bonds is 4. The SMILES string of the molecule is CCc1n[nH]c(=S)n1/N=C\c1cc(Cl)cc([N+](=O)[O-])c1O. The van der Waals surface area contributed by atoms with Gasteiger partial charge in [0.1, 0.15) is 0 Å². The number of H-pyrrole nitrogens is 1. The van der Waals surface area contributed by atoms with Crippen LogP contribution in [-0.4, -0.2) is 31.1 Å². The highest BCUT2D eigenvalue weighted by atomic mass is 35.5. The van der Waals surface area contributed by atoms with E-state index in [0.29, 0.717) is 12.2 Å². The lowest BCUT2D eigenvalue weighted by Crippen LogP contribution is -1.98. The Balaban J connectivity index is 2.49. The van der Waals surface area contributed by atoms with Gasteiger partial charge in [-0.05, 0) is 18.3 Å². The summed E-state index contributed by atoms with van der Waals surface area (Å²) in [7, 11) is 0. The molecule has 0 amide bonds. The number of phenolic OH excluding ortho intramolecular Hbond substituents is 1. The molecule has 0 aliphatic carbocycles. The van der Waals surface area contributed by atoms with Gasteiger partial charge in [-0.25, -0.2) is 0 Å². The lowest BCUT2D eigenvalue weighted by atomic mass is 10.2. The number of aromatic hydroxyl groups is 1. The topological polar surface area (TPSA) is 109 Å². The molecular formula is C11H10ClN5O3S. The van der Waals surface area contributed by atoms with Crippen molar-refractivity contribution < 1.29 is 10.0 Å². The molecule has 0 aliphatic heterocycles. The summed E-state index contributed by atoms with van der Waals surface area (Å²) in [4.78, 5) is 10.1. The number of nitro groups is 1. The van der Waals surface area contributed by atoms with Crippen molar-refractivity contribution in [2.45, 2.75) is 13.3 Å². The molecule has 21 heavy (non-hydrogen) atoms. The van der Waals surface area contributed by atoms with Crippen LogP contribution in [0.1, 0.15) is 18.3 Å². The Morgan fingerprint density at radius 3 is 3.00 bits per heavy atom. The van der Waals surface area contributed by atoms with Gasteiger partial charge in [0.25, 0.3) is 0 Å². The summed E-state index contributed by atoms with van der Waals surface area (Å²) in [5.41, 5.74) is -0.380. The Hall–Kier alpha value is -2.26. The number of phenols is 1. The highest BCUT2D eigenvalue weighted by molar-refractivity contribution is 7.71. The Bertz CT molecular complexity index is 783. The number of hydrogen-bond donors (Lipinski definition) is 2. The maximum atomic E-state index is 10.8. The van der Waals surface area contributed by atoms with Gasteiger partial charge in [-0.15, -0.1) is 0 Å². The molecule has 2 N–H and O–H groups in total. The standard InChI is InChI=1S/C11H10ClN5O3S/c1-2-9-14-15-11(21)16(9)13-5-6-3-7(12)4-8(10(6)18)17(19)20/h3-5,18H,2H2,1H3,(H,15,21)/b13-5-. The van der Waals surface area contributed by atoms with Crippen molar-refractivity contribution in [2.24, 2.45) is 5.10 Å². The summed E-state index contributed by atoms with van der Waals surface area (Å²) in [5.74, 6) is 0.0773. The minimum absolute atomic E-state index is 0.111. The molecule has 0 unspecified atom stereocenters. The summed E-state index contributed by atoms with van der Waals surface area (Å²) < 4.78 is 1.64. The fourth-order valence-corrected chi connectivity index (χ4v) is 2.05. The van der Waals surface area contributed by atoms with Crippen LogP contribution < -0.4 is 0 Å². The van der Waals surface area contributed by atoms with E-state index in [1.807, 2.05) is 6.92 Å². The monoisotopic (exact) mass is 327 g/mol. The van der Waals surface area contributed by atoms with E-state index in [1.165, 1.54) is 17.0 Å². The number of aryl methyl sites for hydroxylation is 1. The van der Waals surface area contributed by atoms with Crippen molar-refractivity contribution in [1.29, 1.82) is 0 Å². The van der Waals surface area contributed by atoms with Crippen LogP contribution in [-0.2, 0) is 6.42 Å². The highest BCUT2D eigenvalue weighted by Gasteiger charge is 2.17. The Morgan fingerprint density at radius 2 is 2.38 bits per heavy atom. The first kappa shape index (κ1) is 15.1. The van der Waals surface area contributed by atoms with Gasteiger partial charge in [0.15, 0.2) is 5.82 Å². The Labute approximate surface area is 128 Å². The largest absolute Gasteiger partial charge is 0.502 e. The zero-order valence-corrected chi connectivity index (χ0v) is 12.4. The van der Waals surface area contributed by atoms with E-state index in [9.17, 15) is 15.2 Å². The maximum absolute atomic E-state index is 10.8. The molecule has 1 aromatic carbocycles. The normalized spacial score (nSPS) is 11.1. The Morgan fingerprint density at radius 1 is 1.67 bits per heavy atom. The van der Waals surface area contributed by atoms with E-state index in [1.54, 1.807) is 0 Å². The predicted octanol–water partition coefficient (Wildman–Crippen LogP) is 2.65. The van der Waals surface area contributed by atoms with Crippen LogP contribution in [0.4, 0.5) is 5.69 Å². The smallest absolute Gasteiger partial charge is 0.312 e. The third-order valence-corrected chi connectivity index (χ3v) is 3.11. The minimum atomic E-state index is -0.723. The van der Waals surface area contributed by atoms with E-state index in [4.69, 9.17) is 23.8 Å². The van der Waals surface area contributed by atoms with Crippen molar-refractivity contribution in [2.75, 3.05) is 0 Å². The summed E-state index contributed by atoms with van der Waals surface area (Å²) in [6.45, 7) is 1.87. The van der Waals surface area contributed by atoms with Crippen LogP contribution in [0.5, 0.6) is 5.75 Å². The quantitative estimate of drug-likeness (QED) is 0.388. The summed E-state index contributed by atoms with van der Waals surface area (Å²) in [6, 6.07) is 2.43. The van der Waals surface area contributed by atoms with E-state index >= 15 is 0 Å². The van der Waals surface area contributed by atoms with Gasteiger partial charge >= 0.3 is 5.69 Å². The molecule has 2 rings (SSSR count). The van der Waals surface area contributed by atoms with Crippen LogP contribution >= 0.6 is 23.8 Å². The summed E-state index contributed by atoms with van der Waals surface area (Å²) in [6.07, 6.45) is 1.82. The third kappa shape index (κ3) is 3.09. The highest BCUT2D eigenvalue weighted by Crippen LogP contribution is 2.32. The van der Waals surface area contributed by atoms with Gasteiger partial charge < -0.3 is 5.11 Å². The molecule has 0 spiro atoms. The molecule has 1 heterocycles. The number of benzene rings is 1. The molecular weight excluding hydrogens is 318 g/mol. The van der Waals surface area contributed by atoms with Gasteiger partial charge in [0.05, 0.1) is 11.1 Å². The average Bonchev–Trinajstić information content (AvgIpc) is 2.79. The van der Waals surface area contributed by atoms with Gasteiger partial charge in [-0.1, -0.05) is 18.5 Å². The first-order valence-corrected chi connectivity index (χ1v) is 6.60. The van der Waals surface area contributed by atoms with Gasteiger partial charge in [0, 0.05) is 23.1 Å². The van der Waals surface area contributed by atoms with Crippen molar-refractivity contribution >= 4 is 35.7 Å². The molecule has 2 aromatic rings. The number of aromatic amines is 1. The van der Waals surface area contributed by atoms with Crippen molar-refractivity contribution in [3.8, 4) is 5.75 Å². The maximum Gasteiger partial charge on any atom is 0.312 e. The van der Waals surface area contributed by atoms with Crippen molar-refractivity contribution in [1.82, 2.24) is 14.9 Å². The number of aromatic nitrogens is 3. The second-order valence-corrected chi connectivity index (χ2v) is 4.80. The van der Waals surface area contributed by atoms with Crippen LogP contribution in [0.3, 0.4) is 0 Å². The molecule has 0 saturated carbocycles. The van der Waals surface area contributed by atoms with Crippen LogP contribution in [0.2, 0.25) is 5.02 Å². The van der Waals surface area contributed by atoms with Gasteiger partial charge in [0.2, 0.25) is 10.5 Å². The number of nitro benzene ring substituents is 1. The number of nitrogens with zero attached hydrogens (tertiary/aromatic N) is 4. The first-order chi connectivity index (χ1) is 9.93. The van der Waals surface area contributed by atoms with E-state index in [-0.39, 0.29) is 15.4 Å². The molecule has 8 nitrogen and oxygen atoms in total. The molecule has 0 saturated heterocycles. The van der Waals surface area contributed by atoms with E-state index in [0.717, 1.165) is 6.07 Å². The van der Waals surface area contributed by atoms with Crippen LogP contribution in [0, 0.1) is 14.9 Å². The third-order valence-electron chi connectivity index (χ3n) is 2.63. The fourth-order valence-electron chi connectivity index (χ4n) is 1.64. The average molecular weight is 328 g/mol. The minimum Gasteiger partial charge on any atom is -0.502 e. The molecule has 0 fully saturated rings. The van der Waals surface area contributed by atoms with Crippen molar-refractivity contribution in [3.05, 3.63) is 43.4 Å².